The predicted octanol–water partition coefficient (Wildman–Crippen LogP) is 5.99. The number of aromatic nitrogens is 3. The lowest BCUT2D eigenvalue weighted by molar-refractivity contribution is 0.628. The predicted molar refractivity (Wildman–Crippen MR) is 119 cm³/mol. The second kappa shape index (κ2) is 8.61. The van der Waals surface area contributed by atoms with E-state index in [1.54, 1.807) is 18.3 Å². The van der Waals surface area contributed by atoms with Crippen LogP contribution in [0.15, 0.2) is 42.6 Å². The van der Waals surface area contributed by atoms with Crippen LogP contribution in [0.2, 0.25) is 0 Å². The third kappa shape index (κ3) is 3.97. The van der Waals surface area contributed by atoms with E-state index in [0.717, 1.165) is 38.5 Å². The van der Waals surface area contributed by atoms with E-state index >= 15 is 0 Å². The first-order valence-corrected chi connectivity index (χ1v) is 10.7. The molecule has 0 radical (unpaired) electrons. The average molecular weight is 397 g/mol. The number of thioether (sulfide) groups is 1. The van der Waals surface area contributed by atoms with Crippen LogP contribution in [0.3, 0.4) is 0 Å². The number of hydrogen-bond donors (Lipinski definition) is 2. The highest BCUT2D eigenvalue weighted by Gasteiger charge is 2.18. The first kappa shape index (κ1) is 20.1. The van der Waals surface area contributed by atoms with Gasteiger partial charge >= 0.3 is 0 Å². The van der Waals surface area contributed by atoms with E-state index in [-0.39, 0.29) is 11.7 Å². The summed E-state index contributed by atoms with van der Waals surface area (Å²) < 4.78 is 13.4. The Kier molecular flexibility index (Phi) is 6.19. The van der Waals surface area contributed by atoms with E-state index in [0.29, 0.717) is 5.82 Å². The average Bonchev–Trinajstić information content (AvgIpc) is 3.15. The van der Waals surface area contributed by atoms with Gasteiger partial charge in [-0.15, -0.1) is 0 Å². The molecule has 0 spiro atoms. The lowest BCUT2D eigenvalue weighted by atomic mass is 9.92. The topological polar surface area (TPSA) is 67.6 Å². The highest BCUT2D eigenvalue weighted by molar-refractivity contribution is 7.98. The molecule has 0 saturated carbocycles. The highest BCUT2D eigenvalue weighted by atomic mass is 32.2. The molecule has 2 heterocycles. The van der Waals surface area contributed by atoms with Crippen LogP contribution >= 0.6 is 11.8 Å². The Morgan fingerprint density at radius 2 is 1.82 bits per heavy atom. The Labute approximate surface area is 168 Å². The molecule has 0 fully saturated rings. The minimum atomic E-state index is -0.255. The third-order valence-corrected chi connectivity index (χ3v) is 5.17. The van der Waals surface area contributed by atoms with Gasteiger partial charge in [0.25, 0.3) is 0 Å². The first-order valence-electron chi connectivity index (χ1n) is 9.27. The van der Waals surface area contributed by atoms with Crippen molar-refractivity contribution in [2.75, 3.05) is 17.7 Å². The minimum absolute atomic E-state index is 0.191. The van der Waals surface area contributed by atoms with Crippen molar-refractivity contribution in [3.63, 3.8) is 0 Å². The standard InChI is InChI=1S/C19H17FN4.C3H8S/c1-10(2)18-17(11-3-5-13(20)6-4-11)14-7-12-9-22-24-16(12)8-15(14)19(21)23-18;1-3-4-2/h3-10H,1-2H3,(H2,21,23)(H,22,24);3H2,1-2H3. The molecular formula is C22H25FN4S. The van der Waals surface area contributed by atoms with Gasteiger partial charge in [0.05, 0.1) is 17.4 Å². The van der Waals surface area contributed by atoms with Crippen molar-refractivity contribution < 1.29 is 4.39 Å². The monoisotopic (exact) mass is 396 g/mol. The summed E-state index contributed by atoms with van der Waals surface area (Å²) in [6.07, 6.45) is 3.88. The lowest BCUT2D eigenvalue weighted by Gasteiger charge is -2.17. The molecule has 4 aromatic rings. The fourth-order valence-electron chi connectivity index (χ4n) is 3.13. The first-order chi connectivity index (χ1) is 13.5. The van der Waals surface area contributed by atoms with E-state index < -0.39 is 0 Å². The van der Waals surface area contributed by atoms with Crippen LogP contribution in [0.1, 0.15) is 32.4 Å². The second-order valence-electron chi connectivity index (χ2n) is 6.85. The van der Waals surface area contributed by atoms with Crippen molar-refractivity contribution in [1.82, 2.24) is 15.2 Å². The van der Waals surface area contributed by atoms with Crippen LogP contribution in [-0.4, -0.2) is 27.2 Å². The van der Waals surface area contributed by atoms with E-state index in [1.807, 2.05) is 17.8 Å². The lowest BCUT2D eigenvalue weighted by Crippen LogP contribution is -2.03. The zero-order valence-corrected chi connectivity index (χ0v) is 17.4. The van der Waals surface area contributed by atoms with Crippen molar-refractivity contribution in [2.24, 2.45) is 0 Å². The van der Waals surface area contributed by atoms with Gasteiger partial charge in [-0.3, -0.25) is 5.10 Å². The molecule has 0 atom stereocenters. The number of aromatic amines is 1. The van der Waals surface area contributed by atoms with Gasteiger partial charge in [-0.1, -0.05) is 32.9 Å². The maximum atomic E-state index is 13.4. The number of nitrogens with two attached hydrogens (primary N) is 1. The van der Waals surface area contributed by atoms with E-state index in [4.69, 9.17) is 5.73 Å². The molecule has 3 N–H and O–H groups in total. The van der Waals surface area contributed by atoms with Crippen molar-refractivity contribution in [1.29, 1.82) is 0 Å². The van der Waals surface area contributed by atoms with E-state index in [2.05, 4.69) is 48.3 Å². The SMILES string of the molecule is CC(C)c1nc(N)c2cc3[nH]ncc3cc2c1-c1ccc(F)cc1.CCSC. The number of rotatable bonds is 3. The number of hydrogen-bond acceptors (Lipinski definition) is 4. The number of halogens is 1. The summed E-state index contributed by atoms with van der Waals surface area (Å²) in [6.45, 7) is 6.30. The number of anilines is 1. The van der Waals surface area contributed by atoms with Gasteiger partial charge in [0, 0.05) is 16.3 Å². The Morgan fingerprint density at radius 1 is 1.14 bits per heavy atom. The van der Waals surface area contributed by atoms with Crippen molar-refractivity contribution in [3.05, 3.63) is 54.1 Å². The van der Waals surface area contributed by atoms with Gasteiger partial charge in [0.2, 0.25) is 0 Å². The Hall–Kier alpha value is -2.60. The molecule has 0 aliphatic heterocycles. The molecule has 28 heavy (non-hydrogen) atoms. The second-order valence-corrected chi connectivity index (χ2v) is 8.01. The quantitative estimate of drug-likeness (QED) is 0.446. The summed E-state index contributed by atoms with van der Waals surface area (Å²) >= 11 is 1.86. The van der Waals surface area contributed by atoms with Crippen molar-refractivity contribution >= 4 is 39.3 Å². The van der Waals surface area contributed by atoms with Crippen LogP contribution < -0.4 is 5.73 Å². The molecular weight excluding hydrogens is 371 g/mol. The summed E-state index contributed by atoms with van der Waals surface area (Å²) in [6, 6.07) is 10.5. The Morgan fingerprint density at radius 3 is 2.43 bits per heavy atom. The largest absolute Gasteiger partial charge is 0.383 e. The molecule has 0 bridgehead atoms. The summed E-state index contributed by atoms with van der Waals surface area (Å²) in [5, 5.41) is 9.93. The number of pyridine rings is 1. The zero-order valence-electron chi connectivity index (χ0n) is 16.6. The van der Waals surface area contributed by atoms with Gasteiger partial charge in [-0.2, -0.15) is 16.9 Å². The normalized spacial score (nSPS) is 11.1. The fraction of sp³-hybridized carbons (Fsp3) is 0.273. The zero-order chi connectivity index (χ0) is 20.3. The molecule has 0 unspecified atom stereocenters. The summed E-state index contributed by atoms with van der Waals surface area (Å²) in [5.74, 6) is 1.67. The van der Waals surface area contributed by atoms with Gasteiger partial charge < -0.3 is 5.73 Å². The van der Waals surface area contributed by atoms with Gasteiger partial charge in [-0.25, -0.2) is 9.37 Å². The van der Waals surface area contributed by atoms with Crippen molar-refractivity contribution in [2.45, 2.75) is 26.7 Å². The maximum absolute atomic E-state index is 13.4. The summed E-state index contributed by atoms with van der Waals surface area (Å²) in [4.78, 5) is 4.64. The summed E-state index contributed by atoms with van der Waals surface area (Å²) in [7, 11) is 0. The molecule has 0 aliphatic rings. The summed E-state index contributed by atoms with van der Waals surface area (Å²) in [5.41, 5.74) is 9.98. The number of nitrogen functional groups attached to an aromatic ring is 1. The molecule has 4 nitrogen and oxygen atoms in total. The number of benzene rings is 2. The van der Waals surface area contributed by atoms with Crippen LogP contribution in [-0.2, 0) is 0 Å². The molecule has 0 amide bonds. The van der Waals surface area contributed by atoms with Gasteiger partial charge in [0.1, 0.15) is 11.6 Å². The van der Waals surface area contributed by atoms with Gasteiger partial charge in [-0.05, 0) is 53.1 Å². The molecule has 6 heteroatoms. The minimum Gasteiger partial charge on any atom is -0.383 e. The Balaban J connectivity index is 0.000000516. The van der Waals surface area contributed by atoms with E-state index in [1.165, 1.54) is 17.9 Å². The molecule has 2 aromatic heterocycles. The number of nitrogens with zero attached hydrogens (tertiary/aromatic N) is 2. The Bertz CT molecular complexity index is 1090. The van der Waals surface area contributed by atoms with Crippen LogP contribution in [0.4, 0.5) is 10.2 Å². The molecule has 0 aliphatic carbocycles. The van der Waals surface area contributed by atoms with Crippen LogP contribution in [0, 0.1) is 5.82 Å². The fourth-order valence-corrected chi connectivity index (χ4v) is 3.13. The molecule has 146 valence electrons. The number of fused-ring (bicyclic) bond motifs is 2. The van der Waals surface area contributed by atoms with Crippen molar-refractivity contribution in [3.8, 4) is 11.1 Å². The van der Waals surface area contributed by atoms with E-state index in [9.17, 15) is 4.39 Å². The molecule has 0 saturated heterocycles. The highest BCUT2D eigenvalue weighted by Crippen LogP contribution is 2.38. The number of H-pyrrole nitrogens is 1. The molecule has 2 aromatic carbocycles. The third-order valence-electron chi connectivity index (χ3n) is 4.59. The maximum Gasteiger partial charge on any atom is 0.131 e. The smallest absolute Gasteiger partial charge is 0.131 e. The number of nitrogens with one attached hydrogen (secondary N) is 1. The molecule has 4 rings (SSSR count). The van der Waals surface area contributed by atoms with Crippen LogP contribution in [0.5, 0.6) is 0 Å². The van der Waals surface area contributed by atoms with Crippen LogP contribution in [0.25, 0.3) is 32.8 Å². The van der Waals surface area contributed by atoms with Gasteiger partial charge in [0.15, 0.2) is 0 Å².